The molecule has 3 aromatic rings. The van der Waals surface area contributed by atoms with Crippen LogP contribution in [-0.2, 0) is 6.54 Å². The Balaban J connectivity index is 1.66. The molecule has 1 aliphatic rings. The maximum Gasteiger partial charge on any atom is 0.206 e. The Morgan fingerprint density at radius 2 is 1.83 bits per heavy atom. The van der Waals surface area contributed by atoms with Gasteiger partial charge in [0.1, 0.15) is 5.75 Å². The molecule has 6 heteroatoms. The Morgan fingerprint density at radius 1 is 1.03 bits per heavy atom. The summed E-state index contributed by atoms with van der Waals surface area (Å²) in [6, 6.07) is 21.9. The smallest absolute Gasteiger partial charge is 0.206 e. The quantitative estimate of drug-likeness (QED) is 0.479. The lowest BCUT2D eigenvalue weighted by Gasteiger charge is -2.26. The highest BCUT2D eigenvalue weighted by Crippen LogP contribution is 2.42. The number of nitrogens with zero attached hydrogens (tertiary/aromatic N) is 1. The minimum absolute atomic E-state index is 0.274. The molecule has 1 aliphatic heterocycles. The predicted molar refractivity (Wildman–Crippen MR) is 125 cm³/mol. The van der Waals surface area contributed by atoms with Crippen LogP contribution in [-0.4, -0.2) is 11.3 Å². The number of hydrogen-bond acceptors (Lipinski definition) is 2. The molecule has 3 aromatic carbocycles. The van der Waals surface area contributed by atoms with E-state index in [-0.39, 0.29) is 10.7 Å². The lowest BCUT2D eigenvalue weighted by atomic mass is 10.1. The lowest BCUT2D eigenvalue weighted by molar-refractivity contribution is 0.484. The fourth-order valence-corrected chi connectivity index (χ4v) is 4.67. The molecule has 148 valence electrons. The molecule has 0 aromatic heterocycles. The summed E-state index contributed by atoms with van der Waals surface area (Å²) < 4.78 is 9.62. The second-order valence-corrected chi connectivity index (χ2v) is 8.81. The van der Waals surface area contributed by atoms with Crippen LogP contribution >= 0.6 is 22.3 Å². The number of hydrogen-bond donors (Lipinski definition) is 2. The van der Waals surface area contributed by atoms with Gasteiger partial charge in [0.05, 0.1) is 17.3 Å². The molecule has 4 nitrogen and oxygen atoms in total. The summed E-state index contributed by atoms with van der Waals surface area (Å²) in [7, 11) is -0.274. The van der Waals surface area contributed by atoms with Gasteiger partial charge in [-0.15, -0.1) is 0 Å². The molecule has 0 fully saturated rings. The predicted octanol–water partition coefficient (Wildman–Crippen LogP) is 6.38. The third-order valence-corrected chi connectivity index (χ3v) is 6.48. The largest absolute Gasteiger partial charge is 0.454 e. The number of guanidine groups is 1. The van der Waals surface area contributed by atoms with Gasteiger partial charge < -0.3 is 14.8 Å². The summed E-state index contributed by atoms with van der Waals surface area (Å²) in [4.78, 5) is 5.89. The van der Waals surface area contributed by atoms with Crippen molar-refractivity contribution in [2.45, 2.75) is 25.3 Å². The van der Waals surface area contributed by atoms with Gasteiger partial charge in [0.15, 0.2) is 5.75 Å². The molecular formula is C23H22ClN3OS. The number of nitrogens with one attached hydrogen (secondary N) is 2. The van der Waals surface area contributed by atoms with Crippen molar-refractivity contribution in [2.75, 3.05) is 5.32 Å². The molecule has 0 bridgehead atoms. The van der Waals surface area contributed by atoms with E-state index < -0.39 is 0 Å². The SMILES string of the molecule is C/C=S1\NC(=NCc2cccc(C)c2)Nc2c(Oc3ccccc3Cl)cccc21. The molecule has 1 unspecified atom stereocenters. The van der Waals surface area contributed by atoms with Crippen LogP contribution in [0.5, 0.6) is 11.5 Å². The summed E-state index contributed by atoms with van der Waals surface area (Å²) in [5.74, 6) is 2.08. The highest BCUT2D eigenvalue weighted by molar-refractivity contribution is 8.14. The number of aliphatic imine (C=N–C) groups is 1. The Hall–Kier alpha value is -2.76. The maximum absolute atomic E-state index is 6.29. The van der Waals surface area contributed by atoms with Crippen LogP contribution in [0.1, 0.15) is 18.1 Å². The second kappa shape index (κ2) is 8.72. The van der Waals surface area contributed by atoms with E-state index in [1.165, 1.54) is 11.1 Å². The average Bonchev–Trinajstić information content (AvgIpc) is 2.73. The number of fused-ring (bicyclic) bond motifs is 1. The van der Waals surface area contributed by atoms with Gasteiger partial charge in [-0.05, 0) is 49.0 Å². The van der Waals surface area contributed by atoms with Crippen molar-refractivity contribution in [3.63, 3.8) is 0 Å². The van der Waals surface area contributed by atoms with E-state index in [1.807, 2.05) is 43.3 Å². The summed E-state index contributed by atoms with van der Waals surface area (Å²) in [6.07, 6.45) is 0. The summed E-state index contributed by atoms with van der Waals surface area (Å²) >= 11 is 6.29. The van der Waals surface area contributed by atoms with Crippen LogP contribution in [0.3, 0.4) is 0 Å². The van der Waals surface area contributed by atoms with Crippen molar-refractivity contribution in [1.82, 2.24) is 4.72 Å². The highest BCUT2D eigenvalue weighted by Gasteiger charge is 2.21. The van der Waals surface area contributed by atoms with Crippen molar-refractivity contribution in [3.05, 3.63) is 82.9 Å². The number of aryl methyl sites for hydroxylation is 1. The molecular weight excluding hydrogens is 402 g/mol. The Kier molecular flexibility index (Phi) is 5.88. The van der Waals surface area contributed by atoms with Gasteiger partial charge in [0, 0.05) is 4.90 Å². The van der Waals surface area contributed by atoms with E-state index in [9.17, 15) is 0 Å². The Morgan fingerprint density at radius 3 is 2.62 bits per heavy atom. The van der Waals surface area contributed by atoms with Crippen LogP contribution in [0, 0.1) is 6.92 Å². The third-order valence-electron chi connectivity index (χ3n) is 4.47. The van der Waals surface area contributed by atoms with Crippen LogP contribution in [0.15, 0.2) is 76.6 Å². The molecule has 4 rings (SSSR count). The minimum Gasteiger partial charge on any atom is -0.454 e. The van der Waals surface area contributed by atoms with Crippen LogP contribution < -0.4 is 14.8 Å². The molecule has 0 saturated carbocycles. The fraction of sp³-hybridized carbons (Fsp3) is 0.130. The number of halogens is 1. The van der Waals surface area contributed by atoms with Crippen molar-refractivity contribution in [1.29, 1.82) is 0 Å². The molecule has 0 spiro atoms. The van der Waals surface area contributed by atoms with Crippen molar-refractivity contribution < 1.29 is 4.74 Å². The zero-order chi connectivity index (χ0) is 20.2. The number of anilines is 1. The highest BCUT2D eigenvalue weighted by atomic mass is 35.5. The monoisotopic (exact) mass is 423 g/mol. The third kappa shape index (κ3) is 4.47. The number of benzene rings is 3. The Bertz CT molecular complexity index is 1110. The zero-order valence-corrected chi connectivity index (χ0v) is 17.8. The first-order valence-electron chi connectivity index (χ1n) is 9.35. The number of ether oxygens (including phenoxy) is 1. The molecule has 0 saturated heterocycles. The zero-order valence-electron chi connectivity index (χ0n) is 16.3. The van der Waals surface area contributed by atoms with Crippen molar-refractivity contribution in [3.8, 4) is 11.5 Å². The molecule has 1 atom stereocenters. The topological polar surface area (TPSA) is 45.7 Å². The van der Waals surface area contributed by atoms with E-state index in [1.54, 1.807) is 0 Å². The van der Waals surface area contributed by atoms with Crippen LogP contribution in [0.4, 0.5) is 5.69 Å². The molecule has 29 heavy (non-hydrogen) atoms. The van der Waals surface area contributed by atoms with E-state index >= 15 is 0 Å². The summed E-state index contributed by atoms with van der Waals surface area (Å²) in [6.45, 7) is 4.73. The number of rotatable bonds is 4. The molecule has 0 aliphatic carbocycles. The van der Waals surface area contributed by atoms with Gasteiger partial charge >= 0.3 is 0 Å². The standard InChI is InChI=1S/C23H22ClN3OS/c1-3-29-21-13-7-12-20(28-19-11-5-4-10-18(19)24)22(21)26-23(27-29)25-15-17-9-6-8-16(2)14-17/h3-14H,15H2,1-2H3,(H2,25,26,27). The first-order chi connectivity index (χ1) is 14.1. The lowest BCUT2D eigenvalue weighted by Crippen LogP contribution is -2.31. The van der Waals surface area contributed by atoms with Crippen molar-refractivity contribution in [2.24, 2.45) is 4.99 Å². The van der Waals surface area contributed by atoms with E-state index in [2.05, 4.69) is 52.7 Å². The van der Waals surface area contributed by atoms with Crippen LogP contribution in [0.2, 0.25) is 5.02 Å². The first-order valence-corrected chi connectivity index (χ1v) is 11.0. The van der Waals surface area contributed by atoms with Crippen molar-refractivity contribution >= 4 is 39.3 Å². The Labute approximate surface area is 178 Å². The molecule has 1 heterocycles. The average molecular weight is 424 g/mol. The molecule has 0 amide bonds. The summed E-state index contributed by atoms with van der Waals surface area (Å²) in [5.41, 5.74) is 3.32. The minimum atomic E-state index is -0.274. The van der Waals surface area contributed by atoms with E-state index in [0.717, 1.165) is 22.3 Å². The van der Waals surface area contributed by atoms with Gasteiger partial charge in [-0.3, -0.25) is 0 Å². The first kappa shape index (κ1) is 19.6. The second-order valence-electron chi connectivity index (χ2n) is 6.62. The summed E-state index contributed by atoms with van der Waals surface area (Å²) in [5, 5.41) is 6.13. The van der Waals surface area contributed by atoms with Gasteiger partial charge in [-0.25, -0.2) is 4.99 Å². The van der Waals surface area contributed by atoms with Gasteiger partial charge in [0.25, 0.3) is 0 Å². The van der Waals surface area contributed by atoms with Crippen LogP contribution in [0.25, 0.3) is 0 Å². The maximum atomic E-state index is 6.29. The molecule has 0 radical (unpaired) electrons. The molecule has 2 N–H and O–H groups in total. The number of para-hydroxylation sites is 2. The van der Waals surface area contributed by atoms with E-state index in [0.29, 0.717) is 17.3 Å². The van der Waals surface area contributed by atoms with Gasteiger partial charge in [0.2, 0.25) is 5.96 Å². The normalized spacial score (nSPS) is 16.8. The van der Waals surface area contributed by atoms with E-state index in [4.69, 9.17) is 21.3 Å². The van der Waals surface area contributed by atoms with Gasteiger partial charge in [-0.1, -0.05) is 70.3 Å². The van der Waals surface area contributed by atoms with Gasteiger partial charge in [-0.2, -0.15) is 0 Å². The fourth-order valence-electron chi connectivity index (χ4n) is 3.09.